The van der Waals surface area contributed by atoms with E-state index >= 15 is 0 Å². The fourth-order valence-electron chi connectivity index (χ4n) is 2.70. The molecule has 6 heteroatoms. The van der Waals surface area contributed by atoms with E-state index in [1.54, 1.807) is 6.20 Å². The van der Waals surface area contributed by atoms with E-state index in [9.17, 15) is 9.90 Å². The van der Waals surface area contributed by atoms with Gasteiger partial charge < -0.3 is 10.0 Å². The molecule has 0 bridgehead atoms. The first-order chi connectivity index (χ1) is 9.99. The molecule has 2 aromatic heterocycles. The number of hydrogen-bond acceptors (Lipinski definition) is 4. The smallest absolute Gasteiger partial charge is 0.326 e. The number of carboxylic acid groups (broad SMARTS) is 1. The lowest BCUT2D eigenvalue weighted by atomic mass is 9.97. The van der Waals surface area contributed by atoms with Crippen molar-refractivity contribution in [3.63, 3.8) is 0 Å². The van der Waals surface area contributed by atoms with Crippen molar-refractivity contribution >= 4 is 34.2 Å². The van der Waals surface area contributed by atoms with E-state index in [0.717, 1.165) is 16.3 Å². The third-order valence-corrected chi connectivity index (χ3v) is 4.15. The molecule has 0 spiro atoms. The van der Waals surface area contributed by atoms with Crippen LogP contribution in [0.15, 0.2) is 18.5 Å². The van der Waals surface area contributed by atoms with Gasteiger partial charge in [0.15, 0.2) is 0 Å². The fraction of sp³-hybridized carbons (Fsp3) is 0.400. The van der Waals surface area contributed by atoms with Crippen LogP contribution in [0.4, 0.5) is 5.82 Å². The lowest BCUT2D eigenvalue weighted by molar-refractivity contribution is -0.139. The summed E-state index contributed by atoms with van der Waals surface area (Å²) in [5.74, 6) is 0.169. The highest BCUT2D eigenvalue weighted by Gasteiger charge is 2.36. The number of aromatic nitrogens is 2. The number of rotatable bonds is 3. The first-order valence-electron chi connectivity index (χ1n) is 6.92. The molecule has 0 saturated carbocycles. The number of pyridine rings is 2. The molecule has 110 valence electrons. The summed E-state index contributed by atoms with van der Waals surface area (Å²) in [6.07, 6.45) is 4.14. The van der Waals surface area contributed by atoms with Crippen molar-refractivity contribution < 1.29 is 9.90 Å². The minimum atomic E-state index is -0.814. The summed E-state index contributed by atoms with van der Waals surface area (Å²) in [6, 6.07) is 1.33. The normalized spacial score (nSPS) is 18.1. The summed E-state index contributed by atoms with van der Waals surface area (Å²) in [5.41, 5.74) is 1.09. The third kappa shape index (κ3) is 2.31. The average molecular weight is 306 g/mol. The van der Waals surface area contributed by atoms with Crippen LogP contribution >= 0.6 is 11.6 Å². The molecule has 1 N–H and O–H groups in total. The highest BCUT2D eigenvalue weighted by molar-refractivity contribution is 6.30. The Balaban J connectivity index is 2.17. The largest absolute Gasteiger partial charge is 0.480 e. The maximum absolute atomic E-state index is 11.2. The second-order valence-corrected chi connectivity index (χ2v) is 5.97. The molecule has 5 nitrogen and oxygen atoms in total. The Morgan fingerprint density at radius 2 is 2.14 bits per heavy atom. The fourth-order valence-corrected chi connectivity index (χ4v) is 2.86. The van der Waals surface area contributed by atoms with E-state index in [2.05, 4.69) is 23.8 Å². The molecule has 1 aliphatic rings. The maximum Gasteiger partial charge on any atom is 0.326 e. The molecule has 0 aromatic carbocycles. The van der Waals surface area contributed by atoms with Gasteiger partial charge >= 0.3 is 5.97 Å². The third-order valence-electron chi connectivity index (χ3n) is 3.95. The van der Waals surface area contributed by atoms with Crippen molar-refractivity contribution in [2.45, 2.75) is 32.2 Å². The van der Waals surface area contributed by atoms with Crippen LogP contribution in [0.2, 0.25) is 5.15 Å². The number of nitrogens with zero attached hydrogens (tertiary/aromatic N) is 3. The molecule has 2 aromatic rings. The maximum atomic E-state index is 11.2. The van der Waals surface area contributed by atoms with Crippen LogP contribution in [-0.4, -0.2) is 33.6 Å². The minimum Gasteiger partial charge on any atom is -0.480 e. The van der Waals surface area contributed by atoms with Crippen LogP contribution in [0.25, 0.3) is 10.8 Å². The number of hydrogen-bond donors (Lipinski definition) is 1. The summed E-state index contributed by atoms with van der Waals surface area (Å²) in [7, 11) is 0. The van der Waals surface area contributed by atoms with Crippen LogP contribution in [-0.2, 0) is 4.79 Å². The van der Waals surface area contributed by atoms with Gasteiger partial charge in [-0.05, 0) is 29.4 Å². The predicted molar refractivity (Wildman–Crippen MR) is 82.0 cm³/mol. The summed E-state index contributed by atoms with van der Waals surface area (Å²) >= 11 is 6.01. The lowest BCUT2D eigenvalue weighted by Crippen LogP contribution is -2.53. The Labute approximate surface area is 127 Å². The van der Waals surface area contributed by atoms with Crippen LogP contribution in [0.1, 0.15) is 31.7 Å². The highest BCUT2D eigenvalue weighted by Crippen LogP contribution is 2.35. The number of halogens is 1. The second-order valence-electron chi connectivity index (χ2n) is 5.58. The van der Waals surface area contributed by atoms with E-state index in [0.29, 0.717) is 29.9 Å². The van der Waals surface area contributed by atoms with Crippen molar-refractivity contribution in [2.75, 3.05) is 11.4 Å². The van der Waals surface area contributed by atoms with E-state index in [-0.39, 0.29) is 0 Å². The van der Waals surface area contributed by atoms with Crippen molar-refractivity contribution in [1.29, 1.82) is 0 Å². The van der Waals surface area contributed by atoms with Crippen LogP contribution in [0.3, 0.4) is 0 Å². The quantitative estimate of drug-likeness (QED) is 0.883. The van der Waals surface area contributed by atoms with Gasteiger partial charge in [-0.25, -0.2) is 14.8 Å². The lowest BCUT2D eigenvalue weighted by Gasteiger charge is -2.39. The number of aliphatic carboxylic acids is 1. The summed E-state index contributed by atoms with van der Waals surface area (Å²) in [5, 5.41) is 11.5. The van der Waals surface area contributed by atoms with Crippen molar-refractivity contribution in [3.05, 3.63) is 29.2 Å². The topological polar surface area (TPSA) is 66.3 Å². The number of fused-ring (bicyclic) bond motifs is 1. The SMILES string of the molecule is CC(C)c1cnc(N2CC[C@H]2C(=O)O)c2cnc(Cl)cc12. The zero-order valence-corrected chi connectivity index (χ0v) is 12.6. The van der Waals surface area contributed by atoms with Gasteiger partial charge in [0.25, 0.3) is 0 Å². The summed E-state index contributed by atoms with van der Waals surface area (Å²) in [6.45, 7) is 4.88. The molecule has 1 atom stereocenters. The van der Waals surface area contributed by atoms with Crippen molar-refractivity contribution in [1.82, 2.24) is 9.97 Å². The molecule has 0 unspecified atom stereocenters. The van der Waals surface area contributed by atoms with E-state index in [1.165, 1.54) is 0 Å². The van der Waals surface area contributed by atoms with Gasteiger partial charge in [0.05, 0.1) is 0 Å². The molecule has 0 amide bonds. The molecule has 21 heavy (non-hydrogen) atoms. The first-order valence-corrected chi connectivity index (χ1v) is 7.30. The van der Waals surface area contributed by atoms with Crippen molar-refractivity contribution in [3.8, 4) is 0 Å². The summed E-state index contributed by atoms with van der Waals surface area (Å²) < 4.78 is 0. The molecule has 3 rings (SSSR count). The van der Waals surface area contributed by atoms with Gasteiger partial charge in [-0.3, -0.25) is 0 Å². The van der Waals surface area contributed by atoms with Gasteiger partial charge in [-0.15, -0.1) is 0 Å². The average Bonchev–Trinajstić information content (AvgIpc) is 2.36. The van der Waals surface area contributed by atoms with E-state index in [4.69, 9.17) is 11.6 Å². The molecular weight excluding hydrogens is 290 g/mol. The number of anilines is 1. The molecule has 0 aliphatic carbocycles. The molecule has 3 heterocycles. The monoisotopic (exact) mass is 305 g/mol. The molecule has 1 aliphatic heterocycles. The molecule has 1 fully saturated rings. The van der Waals surface area contributed by atoms with Gasteiger partial charge in [-0.2, -0.15) is 0 Å². The first kappa shape index (κ1) is 14.1. The Bertz CT molecular complexity index is 717. The van der Waals surface area contributed by atoms with Crippen molar-refractivity contribution in [2.24, 2.45) is 0 Å². The number of carbonyl (C=O) groups is 1. The minimum absolute atomic E-state index is 0.305. The molecule has 0 radical (unpaired) electrons. The van der Waals surface area contributed by atoms with E-state index < -0.39 is 12.0 Å². The molecule has 1 saturated heterocycles. The Morgan fingerprint density at radius 3 is 2.71 bits per heavy atom. The van der Waals surface area contributed by atoms with Gasteiger partial charge in [0.2, 0.25) is 0 Å². The van der Waals surface area contributed by atoms with Crippen LogP contribution in [0, 0.1) is 0 Å². The summed E-state index contributed by atoms with van der Waals surface area (Å²) in [4.78, 5) is 21.7. The standard InChI is InChI=1S/C15H16ClN3O2/c1-8(2)10-6-18-14(19-4-3-12(19)15(20)21)11-7-17-13(16)5-9(10)11/h5-8,12H,3-4H2,1-2H3,(H,20,21)/t12-/m0/s1. The molecular formula is C15H16ClN3O2. The van der Waals surface area contributed by atoms with Crippen LogP contribution < -0.4 is 4.90 Å². The second kappa shape index (κ2) is 5.15. The van der Waals surface area contributed by atoms with E-state index in [1.807, 2.05) is 17.2 Å². The zero-order chi connectivity index (χ0) is 15.1. The predicted octanol–water partition coefficient (Wildman–Crippen LogP) is 3.07. The zero-order valence-electron chi connectivity index (χ0n) is 11.9. The highest BCUT2D eigenvalue weighted by atomic mass is 35.5. The Kier molecular flexibility index (Phi) is 3.45. The Hall–Kier alpha value is -1.88. The van der Waals surface area contributed by atoms with Gasteiger partial charge in [-0.1, -0.05) is 25.4 Å². The van der Waals surface area contributed by atoms with Gasteiger partial charge in [0.1, 0.15) is 17.0 Å². The van der Waals surface area contributed by atoms with Gasteiger partial charge in [0, 0.05) is 24.3 Å². The number of carboxylic acids is 1. The Morgan fingerprint density at radius 1 is 1.38 bits per heavy atom. The van der Waals surface area contributed by atoms with Crippen LogP contribution in [0.5, 0.6) is 0 Å².